The number of aliphatic hydroxyl groups is 8. The molecular formula is C35H67NO13. The Balaban J connectivity index is 1.93. The molecule has 2 saturated heterocycles. The Morgan fingerprint density at radius 3 is 1.73 bits per heavy atom. The highest BCUT2D eigenvalue weighted by Crippen LogP contribution is 2.30. The number of carbonyl (C=O) groups excluding carboxylic acids is 1. The molecule has 14 heteroatoms. The molecular weight excluding hydrogens is 642 g/mol. The van der Waals surface area contributed by atoms with Gasteiger partial charge in [-0.1, -0.05) is 104 Å². The predicted octanol–water partition coefficient (Wildman–Crippen LogP) is 1.14. The second-order valence-corrected chi connectivity index (χ2v) is 13.7. The van der Waals surface area contributed by atoms with Crippen molar-refractivity contribution in [2.45, 2.75) is 197 Å². The molecule has 12 atom stereocenters. The average Bonchev–Trinajstić information content (AvgIpc) is 3.09. The number of amides is 1. The van der Waals surface area contributed by atoms with Gasteiger partial charge in [-0.3, -0.25) is 4.79 Å². The first-order valence-electron chi connectivity index (χ1n) is 18.8. The fourth-order valence-corrected chi connectivity index (χ4v) is 6.35. The molecule has 290 valence electrons. The highest BCUT2D eigenvalue weighted by molar-refractivity contribution is 5.76. The van der Waals surface area contributed by atoms with Crippen molar-refractivity contribution in [3.8, 4) is 0 Å². The van der Waals surface area contributed by atoms with Gasteiger partial charge in [0.25, 0.3) is 0 Å². The Labute approximate surface area is 292 Å². The molecule has 0 aromatic carbocycles. The maximum atomic E-state index is 12.8. The third-order valence-electron chi connectivity index (χ3n) is 9.57. The Morgan fingerprint density at radius 1 is 0.653 bits per heavy atom. The van der Waals surface area contributed by atoms with Crippen molar-refractivity contribution >= 4 is 5.91 Å². The van der Waals surface area contributed by atoms with E-state index in [4.69, 9.17) is 18.9 Å². The van der Waals surface area contributed by atoms with Crippen LogP contribution in [0.5, 0.6) is 0 Å². The standard InChI is InChI=1S/C35H67NO13/c1-3-5-7-9-10-11-12-13-14-15-16-18-24(39)23(36-27(40)19-17-8-6-4-2)22-46-34-32(45)30(43)33(26(21-38)48-34)49-35-31(44)29(42)28(41)25(20-37)47-35/h23-26,28-35,37-39,41-45H,3-22H2,1-2H3,(H,36,40). The van der Waals surface area contributed by atoms with E-state index in [9.17, 15) is 45.6 Å². The van der Waals surface area contributed by atoms with Crippen LogP contribution < -0.4 is 5.32 Å². The van der Waals surface area contributed by atoms with Crippen LogP contribution in [0.15, 0.2) is 0 Å². The lowest BCUT2D eigenvalue weighted by molar-refractivity contribution is -0.359. The van der Waals surface area contributed by atoms with Gasteiger partial charge in [0.15, 0.2) is 12.6 Å². The molecule has 14 nitrogen and oxygen atoms in total. The van der Waals surface area contributed by atoms with Gasteiger partial charge >= 0.3 is 0 Å². The molecule has 2 rings (SSSR count). The minimum Gasteiger partial charge on any atom is -0.394 e. The first kappa shape index (κ1) is 44.2. The van der Waals surface area contributed by atoms with E-state index in [1.807, 2.05) is 0 Å². The van der Waals surface area contributed by atoms with Crippen molar-refractivity contribution in [3.63, 3.8) is 0 Å². The highest BCUT2D eigenvalue weighted by atomic mass is 16.7. The molecule has 2 aliphatic rings. The maximum absolute atomic E-state index is 12.8. The second kappa shape index (κ2) is 25.0. The van der Waals surface area contributed by atoms with Crippen molar-refractivity contribution in [1.82, 2.24) is 5.32 Å². The third kappa shape index (κ3) is 15.2. The lowest BCUT2D eigenvalue weighted by Gasteiger charge is -2.46. The van der Waals surface area contributed by atoms with Crippen LogP contribution in [-0.2, 0) is 23.7 Å². The molecule has 2 heterocycles. The summed E-state index contributed by atoms with van der Waals surface area (Å²) in [5.74, 6) is -0.228. The van der Waals surface area contributed by atoms with Gasteiger partial charge in [0.05, 0.1) is 32.0 Å². The number of ether oxygens (including phenoxy) is 4. The van der Waals surface area contributed by atoms with Crippen molar-refractivity contribution in [1.29, 1.82) is 0 Å². The third-order valence-corrected chi connectivity index (χ3v) is 9.57. The number of hydrogen-bond donors (Lipinski definition) is 9. The first-order chi connectivity index (χ1) is 23.6. The number of carbonyl (C=O) groups is 1. The summed E-state index contributed by atoms with van der Waals surface area (Å²) >= 11 is 0. The number of nitrogens with one attached hydrogen (secondary N) is 1. The minimum atomic E-state index is -1.77. The van der Waals surface area contributed by atoms with Crippen LogP contribution in [-0.4, -0.2) is 140 Å². The second-order valence-electron chi connectivity index (χ2n) is 13.7. The van der Waals surface area contributed by atoms with Gasteiger partial charge in [0.2, 0.25) is 5.91 Å². The molecule has 0 aliphatic carbocycles. The van der Waals surface area contributed by atoms with E-state index in [2.05, 4.69) is 19.2 Å². The summed E-state index contributed by atoms with van der Waals surface area (Å²) in [6.45, 7) is 2.66. The highest BCUT2D eigenvalue weighted by Gasteiger charge is 2.50. The van der Waals surface area contributed by atoms with Crippen LogP contribution in [0.25, 0.3) is 0 Å². The SMILES string of the molecule is CCCCCCCCCCCCCC(O)C(COC1OC(CO)C(OC2OC(CO)C(O)C(O)C2O)C(O)C1O)NC(=O)CCCCCC. The van der Waals surface area contributed by atoms with E-state index in [0.717, 1.165) is 44.9 Å². The van der Waals surface area contributed by atoms with Gasteiger partial charge in [-0.05, 0) is 12.8 Å². The van der Waals surface area contributed by atoms with Crippen molar-refractivity contribution < 1.29 is 64.6 Å². The zero-order valence-electron chi connectivity index (χ0n) is 29.7. The molecule has 12 unspecified atom stereocenters. The van der Waals surface area contributed by atoms with E-state index in [-0.39, 0.29) is 12.5 Å². The van der Waals surface area contributed by atoms with Crippen molar-refractivity contribution in [2.75, 3.05) is 19.8 Å². The van der Waals surface area contributed by atoms with Gasteiger partial charge < -0.3 is 65.1 Å². The normalized spacial score (nSPS) is 31.8. The van der Waals surface area contributed by atoms with E-state index < -0.39 is 86.8 Å². The summed E-state index contributed by atoms with van der Waals surface area (Å²) in [4.78, 5) is 12.8. The van der Waals surface area contributed by atoms with Crippen molar-refractivity contribution in [2.24, 2.45) is 0 Å². The number of rotatable bonds is 26. The lowest BCUT2D eigenvalue weighted by atomic mass is 9.97. The number of aliphatic hydroxyl groups excluding tert-OH is 8. The smallest absolute Gasteiger partial charge is 0.220 e. The lowest BCUT2D eigenvalue weighted by Crippen LogP contribution is -2.65. The molecule has 1 amide bonds. The largest absolute Gasteiger partial charge is 0.394 e. The van der Waals surface area contributed by atoms with Crippen LogP contribution in [0.1, 0.15) is 123 Å². The zero-order valence-corrected chi connectivity index (χ0v) is 29.7. The summed E-state index contributed by atoms with van der Waals surface area (Å²) in [6.07, 6.45) is 0.618. The molecule has 0 aromatic heterocycles. The average molecular weight is 710 g/mol. The molecule has 2 fully saturated rings. The molecule has 9 N–H and O–H groups in total. The number of hydrogen-bond acceptors (Lipinski definition) is 13. The van der Waals surface area contributed by atoms with Gasteiger partial charge in [0, 0.05) is 6.42 Å². The van der Waals surface area contributed by atoms with Crippen molar-refractivity contribution in [3.05, 3.63) is 0 Å². The number of unbranched alkanes of at least 4 members (excludes halogenated alkanes) is 13. The molecule has 2 aliphatic heterocycles. The fraction of sp³-hybridized carbons (Fsp3) is 0.971. The van der Waals surface area contributed by atoms with Crippen LogP contribution in [0.3, 0.4) is 0 Å². The van der Waals surface area contributed by atoms with Crippen LogP contribution in [0.2, 0.25) is 0 Å². The Bertz CT molecular complexity index is 852. The van der Waals surface area contributed by atoms with Gasteiger partial charge in [0.1, 0.15) is 48.8 Å². The van der Waals surface area contributed by atoms with Crippen LogP contribution in [0, 0.1) is 0 Å². The van der Waals surface area contributed by atoms with Crippen LogP contribution in [0.4, 0.5) is 0 Å². The molecule has 0 aromatic rings. The molecule has 0 saturated carbocycles. The maximum Gasteiger partial charge on any atom is 0.220 e. The quantitative estimate of drug-likeness (QED) is 0.0575. The fourth-order valence-electron chi connectivity index (χ4n) is 6.35. The Kier molecular flexibility index (Phi) is 22.6. The van der Waals surface area contributed by atoms with E-state index >= 15 is 0 Å². The van der Waals surface area contributed by atoms with Gasteiger partial charge in [-0.2, -0.15) is 0 Å². The van der Waals surface area contributed by atoms with E-state index in [1.165, 1.54) is 44.9 Å². The van der Waals surface area contributed by atoms with E-state index in [0.29, 0.717) is 19.3 Å². The Morgan fingerprint density at radius 2 is 1.16 bits per heavy atom. The topological polar surface area (TPSA) is 228 Å². The predicted molar refractivity (Wildman–Crippen MR) is 180 cm³/mol. The molecule has 49 heavy (non-hydrogen) atoms. The summed E-state index contributed by atoms with van der Waals surface area (Å²) in [7, 11) is 0. The monoisotopic (exact) mass is 709 g/mol. The van der Waals surface area contributed by atoms with Crippen LogP contribution >= 0.6 is 0 Å². The summed E-state index contributed by atoms with van der Waals surface area (Å²) < 4.78 is 22.4. The molecule has 0 bridgehead atoms. The molecule has 0 radical (unpaired) electrons. The van der Waals surface area contributed by atoms with Gasteiger partial charge in [-0.15, -0.1) is 0 Å². The van der Waals surface area contributed by atoms with E-state index in [1.54, 1.807) is 0 Å². The summed E-state index contributed by atoms with van der Waals surface area (Å²) in [5, 5.41) is 85.7. The Hall–Kier alpha value is -1.01. The molecule has 0 spiro atoms. The zero-order chi connectivity index (χ0) is 36.2. The first-order valence-corrected chi connectivity index (χ1v) is 18.8. The summed E-state index contributed by atoms with van der Waals surface area (Å²) in [5.41, 5.74) is 0. The minimum absolute atomic E-state index is 0.228. The van der Waals surface area contributed by atoms with Gasteiger partial charge in [-0.25, -0.2) is 0 Å². The summed E-state index contributed by atoms with van der Waals surface area (Å²) in [6, 6.07) is -0.814.